The van der Waals surface area contributed by atoms with Gasteiger partial charge in [0.25, 0.3) is 11.8 Å². The minimum atomic E-state index is -0.229. The zero-order chi connectivity index (χ0) is 18.0. The second kappa shape index (κ2) is 6.80. The molecule has 3 rings (SSSR count). The number of hydrogen-bond donors (Lipinski definition) is 2. The predicted octanol–water partition coefficient (Wildman–Crippen LogP) is 1.97. The quantitative estimate of drug-likeness (QED) is 0.889. The van der Waals surface area contributed by atoms with Crippen molar-refractivity contribution in [1.82, 2.24) is 10.3 Å². The van der Waals surface area contributed by atoms with Crippen LogP contribution in [-0.2, 0) is 4.79 Å². The number of fused-ring (bicyclic) bond motifs is 1. The van der Waals surface area contributed by atoms with E-state index in [9.17, 15) is 9.59 Å². The first-order chi connectivity index (χ1) is 11.9. The molecule has 0 saturated heterocycles. The Morgan fingerprint density at radius 2 is 2.12 bits per heavy atom. The number of pyridine rings is 1. The van der Waals surface area contributed by atoms with Gasteiger partial charge >= 0.3 is 0 Å². The minimum Gasteiger partial charge on any atom is -0.482 e. The van der Waals surface area contributed by atoms with Gasteiger partial charge in [-0.15, -0.1) is 0 Å². The van der Waals surface area contributed by atoms with Crippen LogP contribution in [-0.4, -0.2) is 37.5 Å². The van der Waals surface area contributed by atoms with Crippen LogP contribution in [0.3, 0.4) is 0 Å². The van der Waals surface area contributed by atoms with Crippen LogP contribution in [0.4, 0.5) is 11.5 Å². The van der Waals surface area contributed by atoms with Gasteiger partial charge in [-0.1, -0.05) is 6.07 Å². The molecule has 1 aliphatic rings. The summed E-state index contributed by atoms with van der Waals surface area (Å²) in [5.74, 6) is 0.978. The lowest BCUT2D eigenvalue weighted by molar-refractivity contribution is -0.118. The molecule has 0 radical (unpaired) electrons. The van der Waals surface area contributed by atoms with E-state index in [-0.39, 0.29) is 24.5 Å². The number of rotatable bonds is 4. The number of aromatic nitrogens is 1. The molecular formula is C18H20N4O3. The molecule has 0 bridgehead atoms. The van der Waals surface area contributed by atoms with Gasteiger partial charge in [-0.05, 0) is 36.8 Å². The van der Waals surface area contributed by atoms with Crippen molar-refractivity contribution >= 4 is 23.3 Å². The fourth-order valence-electron chi connectivity index (χ4n) is 2.54. The summed E-state index contributed by atoms with van der Waals surface area (Å²) < 4.78 is 5.35. The highest BCUT2D eigenvalue weighted by atomic mass is 16.5. The molecule has 0 aliphatic carbocycles. The summed E-state index contributed by atoms with van der Waals surface area (Å²) in [5, 5.41) is 5.73. The molecule has 0 fully saturated rings. The van der Waals surface area contributed by atoms with Gasteiger partial charge in [0.05, 0.1) is 11.7 Å². The molecule has 0 saturated carbocycles. The van der Waals surface area contributed by atoms with Crippen molar-refractivity contribution in [3.05, 3.63) is 47.7 Å². The van der Waals surface area contributed by atoms with Crippen LogP contribution >= 0.6 is 0 Å². The lowest BCUT2D eigenvalue weighted by Gasteiger charge is -2.21. The molecule has 2 N–H and O–H groups in total. The topological polar surface area (TPSA) is 83.6 Å². The van der Waals surface area contributed by atoms with Gasteiger partial charge in [0, 0.05) is 25.9 Å². The van der Waals surface area contributed by atoms with E-state index in [0.29, 0.717) is 22.8 Å². The molecule has 0 spiro atoms. The molecule has 1 aliphatic heterocycles. The van der Waals surface area contributed by atoms with E-state index < -0.39 is 0 Å². The Morgan fingerprint density at radius 1 is 1.32 bits per heavy atom. The van der Waals surface area contributed by atoms with Crippen LogP contribution in [0.2, 0.25) is 0 Å². The van der Waals surface area contributed by atoms with Gasteiger partial charge in [0.15, 0.2) is 6.61 Å². The molecule has 25 heavy (non-hydrogen) atoms. The van der Waals surface area contributed by atoms with Crippen molar-refractivity contribution in [3.63, 3.8) is 0 Å². The van der Waals surface area contributed by atoms with Crippen LogP contribution in [0, 0.1) is 0 Å². The smallest absolute Gasteiger partial charge is 0.262 e. The summed E-state index contributed by atoms with van der Waals surface area (Å²) in [6, 6.07) is 8.67. The van der Waals surface area contributed by atoms with E-state index in [4.69, 9.17) is 4.74 Å². The number of benzene rings is 1. The first-order valence-electron chi connectivity index (χ1n) is 7.95. The fourth-order valence-corrected chi connectivity index (χ4v) is 2.54. The van der Waals surface area contributed by atoms with Crippen LogP contribution < -0.4 is 20.3 Å². The van der Waals surface area contributed by atoms with E-state index in [0.717, 1.165) is 5.56 Å². The zero-order valence-electron chi connectivity index (χ0n) is 14.4. The van der Waals surface area contributed by atoms with Crippen molar-refractivity contribution in [2.75, 3.05) is 30.9 Å². The fraction of sp³-hybridized carbons (Fsp3) is 0.278. The molecule has 130 valence electrons. The van der Waals surface area contributed by atoms with Crippen molar-refractivity contribution in [1.29, 1.82) is 0 Å². The Bertz CT molecular complexity index is 820. The Balaban J connectivity index is 1.75. The van der Waals surface area contributed by atoms with Gasteiger partial charge in [0.1, 0.15) is 11.6 Å². The summed E-state index contributed by atoms with van der Waals surface area (Å²) in [6.07, 6.45) is 1.61. The monoisotopic (exact) mass is 340 g/mol. The summed E-state index contributed by atoms with van der Waals surface area (Å²) in [6.45, 7) is 1.91. The maximum absolute atomic E-state index is 12.5. The van der Waals surface area contributed by atoms with Gasteiger partial charge in [-0.25, -0.2) is 4.98 Å². The number of nitrogens with zero attached hydrogens (tertiary/aromatic N) is 2. The van der Waals surface area contributed by atoms with Gasteiger partial charge in [-0.3, -0.25) is 9.59 Å². The number of anilines is 2. The normalized spacial score (nSPS) is 14.0. The van der Waals surface area contributed by atoms with Crippen molar-refractivity contribution in [2.24, 2.45) is 0 Å². The Labute approximate surface area is 146 Å². The lowest BCUT2D eigenvalue weighted by Crippen LogP contribution is -2.28. The van der Waals surface area contributed by atoms with E-state index in [1.807, 2.05) is 38.1 Å². The molecule has 1 aromatic carbocycles. The average molecular weight is 340 g/mol. The molecule has 1 aromatic heterocycles. The van der Waals surface area contributed by atoms with Gasteiger partial charge in [-0.2, -0.15) is 0 Å². The maximum atomic E-state index is 12.5. The van der Waals surface area contributed by atoms with Crippen molar-refractivity contribution in [3.8, 4) is 5.75 Å². The third-order valence-corrected chi connectivity index (χ3v) is 3.95. The minimum absolute atomic E-state index is 0.0227. The first-order valence-corrected chi connectivity index (χ1v) is 7.95. The third kappa shape index (κ3) is 3.71. The van der Waals surface area contributed by atoms with Crippen molar-refractivity contribution in [2.45, 2.75) is 13.0 Å². The number of nitrogens with one attached hydrogen (secondary N) is 2. The molecule has 7 heteroatoms. The Hall–Kier alpha value is -3.09. The highest BCUT2D eigenvalue weighted by Crippen LogP contribution is 2.30. The van der Waals surface area contributed by atoms with E-state index >= 15 is 0 Å². The van der Waals surface area contributed by atoms with Crippen LogP contribution in [0.1, 0.15) is 28.9 Å². The van der Waals surface area contributed by atoms with Crippen LogP contribution in [0.25, 0.3) is 0 Å². The molecule has 2 aromatic rings. The van der Waals surface area contributed by atoms with E-state index in [1.54, 1.807) is 24.4 Å². The Morgan fingerprint density at radius 3 is 2.88 bits per heavy atom. The molecule has 0 unspecified atom stereocenters. The third-order valence-electron chi connectivity index (χ3n) is 3.95. The average Bonchev–Trinajstić information content (AvgIpc) is 2.61. The van der Waals surface area contributed by atoms with Gasteiger partial charge < -0.3 is 20.3 Å². The number of amides is 2. The summed E-state index contributed by atoms with van der Waals surface area (Å²) >= 11 is 0. The summed E-state index contributed by atoms with van der Waals surface area (Å²) in [4.78, 5) is 30.0. The van der Waals surface area contributed by atoms with Crippen molar-refractivity contribution < 1.29 is 14.3 Å². The number of ether oxygens (including phenoxy) is 1. The largest absolute Gasteiger partial charge is 0.482 e. The van der Waals surface area contributed by atoms with Gasteiger partial charge in [0.2, 0.25) is 0 Å². The van der Waals surface area contributed by atoms with E-state index in [2.05, 4.69) is 15.6 Å². The highest BCUT2D eigenvalue weighted by molar-refractivity contribution is 5.96. The molecule has 2 heterocycles. The number of carbonyl (C=O) groups excluding carboxylic acids is 2. The Kier molecular flexibility index (Phi) is 4.56. The zero-order valence-corrected chi connectivity index (χ0v) is 14.4. The first kappa shape index (κ1) is 16.8. The summed E-state index contributed by atoms with van der Waals surface area (Å²) in [5.41, 5.74) is 2.04. The van der Waals surface area contributed by atoms with E-state index in [1.165, 1.54) is 0 Å². The SMILES string of the molecule is C[C@H](NC(=O)c1ccnc(N(C)C)c1)c1ccc2c(c1)NC(=O)CO2. The predicted molar refractivity (Wildman–Crippen MR) is 95.0 cm³/mol. The molecule has 1 atom stereocenters. The van der Waals surface area contributed by atoms with Crippen LogP contribution in [0.15, 0.2) is 36.5 Å². The lowest BCUT2D eigenvalue weighted by atomic mass is 10.1. The highest BCUT2D eigenvalue weighted by Gasteiger charge is 2.18. The van der Waals surface area contributed by atoms with Crippen LogP contribution in [0.5, 0.6) is 5.75 Å². The number of carbonyl (C=O) groups is 2. The molecule has 2 amide bonds. The standard InChI is InChI=1S/C18H20N4O3/c1-11(12-4-5-15-14(8-12)21-17(23)10-25-15)20-18(24)13-6-7-19-16(9-13)22(2)3/h4-9,11H,10H2,1-3H3,(H,20,24)(H,21,23)/t11-/m0/s1. The maximum Gasteiger partial charge on any atom is 0.262 e. The molecule has 7 nitrogen and oxygen atoms in total. The summed E-state index contributed by atoms with van der Waals surface area (Å²) in [7, 11) is 3.74. The second-order valence-corrected chi connectivity index (χ2v) is 6.08. The molecular weight excluding hydrogens is 320 g/mol. The number of hydrogen-bond acceptors (Lipinski definition) is 5. The second-order valence-electron chi connectivity index (χ2n) is 6.08.